The van der Waals surface area contributed by atoms with Gasteiger partial charge in [0.1, 0.15) is 17.9 Å². The number of anilines is 1. The summed E-state index contributed by atoms with van der Waals surface area (Å²) in [4.78, 5) is 15.4. The van der Waals surface area contributed by atoms with Crippen LogP contribution in [0.4, 0.5) is 5.82 Å². The molecule has 0 aliphatic carbocycles. The summed E-state index contributed by atoms with van der Waals surface area (Å²) in [5.74, 6) is 0.0465. The Labute approximate surface area is 111 Å². The fourth-order valence-corrected chi connectivity index (χ4v) is 1.64. The number of nitrogens with one attached hydrogen (secondary N) is 1. The van der Waals surface area contributed by atoms with Gasteiger partial charge >= 0.3 is 0 Å². The maximum Gasteiger partial charge on any atom is 0.240 e. The number of amides is 1. The first-order chi connectivity index (χ1) is 8.49. The number of carbonyl (C=O) groups excluding carboxylic acids is 1. The maximum atomic E-state index is 11.4. The van der Waals surface area contributed by atoms with Gasteiger partial charge in [0.15, 0.2) is 5.69 Å². The van der Waals surface area contributed by atoms with Crippen LogP contribution in [0.2, 0.25) is 5.02 Å². The highest BCUT2D eigenvalue weighted by Gasteiger charge is 2.22. The van der Waals surface area contributed by atoms with Crippen LogP contribution in [-0.4, -0.2) is 16.9 Å². The molecule has 0 aliphatic heterocycles. The average Bonchev–Trinajstić information content (AvgIpc) is 2.36. The molecule has 2 atom stereocenters. The first-order valence-corrected chi connectivity index (χ1v) is 5.99. The van der Waals surface area contributed by atoms with E-state index >= 15 is 0 Å². The lowest BCUT2D eigenvalue weighted by atomic mass is 9.99. The maximum absolute atomic E-state index is 11.4. The summed E-state index contributed by atoms with van der Waals surface area (Å²) < 4.78 is 0. The van der Waals surface area contributed by atoms with E-state index in [4.69, 9.17) is 22.6 Å². The zero-order chi connectivity index (χ0) is 13.7. The van der Waals surface area contributed by atoms with Gasteiger partial charge in [-0.1, -0.05) is 31.9 Å². The highest BCUT2D eigenvalue weighted by Crippen LogP contribution is 2.18. The molecule has 1 heterocycles. The fraction of sp³-hybridized carbons (Fsp3) is 0.417. The van der Waals surface area contributed by atoms with Crippen molar-refractivity contribution in [2.75, 3.05) is 5.32 Å². The van der Waals surface area contributed by atoms with Gasteiger partial charge in [0.25, 0.3) is 0 Å². The molecule has 0 aliphatic rings. The number of carbonyl (C=O) groups is 1. The van der Waals surface area contributed by atoms with E-state index in [0.29, 0.717) is 5.82 Å². The zero-order valence-corrected chi connectivity index (χ0v) is 11.0. The van der Waals surface area contributed by atoms with Gasteiger partial charge in [0, 0.05) is 0 Å². The normalized spacial score (nSPS) is 13.4. The zero-order valence-electron chi connectivity index (χ0n) is 10.3. The number of nitrogens with zero attached hydrogens (tertiary/aromatic N) is 2. The highest BCUT2D eigenvalue weighted by molar-refractivity contribution is 6.31. The molecule has 1 rings (SSSR count). The summed E-state index contributed by atoms with van der Waals surface area (Å²) in [7, 11) is 0. The molecule has 0 fully saturated rings. The van der Waals surface area contributed by atoms with E-state index in [-0.39, 0.29) is 16.6 Å². The van der Waals surface area contributed by atoms with E-state index in [1.165, 1.54) is 0 Å². The Hall–Kier alpha value is -1.80. The van der Waals surface area contributed by atoms with Gasteiger partial charge in [-0.25, -0.2) is 4.98 Å². The largest absolute Gasteiger partial charge is 0.368 e. The summed E-state index contributed by atoms with van der Waals surface area (Å²) in [6, 6.07) is 4.54. The van der Waals surface area contributed by atoms with E-state index in [9.17, 15) is 4.79 Å². The Morgan fingerprint density at radius 2 is 2.33 bits per heavy atom. The van der Waals surface area contributed by atoms with Crippen molar-refractivity contribution in [2.24, 2.45) is 11.7 Å². The third kappa shape index (κ3) is 3.34. The standard InChI is InChI=1S/C12H15ClN4O/c1-3-7(2)11(12(15)18)17-10-5-4-8(13)9(6-14)16-10/h4-5,7,11H,3H2,1-2H3,(H2,15,18)(H,16,17). The Bertz CT molecular complexity index is 483. The van der Waals surface area contributed by atoms with Crippen molar-refractivity contribution >= 4 is 23.3 Å². The van der Waals surface area contributed by atoms with Crippen LogP contribution in [0.15, 0.2) is 12.1 Å². The Morgan fingerprint density at radius 3 is 2.83 bits per heavy atom. The molecular weight excluding hydrogens is 252 g/mol. The van der Waals surface area contributed by atoms with Gasteiger partial charge in [-0.3, -0.25) is 4.79 Å². The number of primary amides is 1. The molecule has 0 saturated carbocycles. The highest BCUT2D eigenvalue weighted by atomic mass is 35.5. The number of nitriles is 1. The minimum atomic E-state index is -0.518. The van der Waals surface area contributed by atoms with Gasteiger partial charge in [0.05, 0.1) is 5.02 Å². The number of pyridine rings is 1. The molecule has 0 bridgehead atoms. The molecular formula is C12H15ClN4O. The quantitative estimate of drug-likeness (QED) is 0.852. The second kappa shape index (κ2) is 6.22. The molecule has 0 aromatic carbocycles. The molecule has 0 spiro atoms. The van der Waals surface area contributed by atoms with Crippen LogP contribution >= 0.6 is 11.6 Å². The van der Waals surface area contributed by atoms with Crippen molar-refractivity contribution in [3.8, 4) is 6.07 Å². The lowest BCUT2D eigenvalue weighted by Gasteiger charge is -2.21. The molecule has 3 N–H and O–H groups in total. The van der Waals surface area contributed by atoms with Crippen LogP contribution in [0.25, 0.3) is 0 Å². The molecule has 18 heavy (non-hydrogen) atoms. The van der Waals surface area contributed by atoms with Crippen molar-refractivity contribution in [2.45, 2.75) is 26.3 Å². The molecule has 0 saturated heterocycles. The van der Waals surface area contributed by atoms with Crippen molar-refractivity contribution < 1.29 is 4.79 Å². The molecule has 96 valence electrons. The van der Waals surface area contributed by atoms with Crippen LogP contribution in [0.3, 0.4) is 0 Å². The van der Waals surface area contributed by atoms with E-state index in [0.717, 1.165) is 6.42 Å². The van der Waals surface area contributed by atoms with Gasteiger partial charge in [-0.2, -0.15) is 5.26 Å². The number of hydrogen-bond donors (Lipinski definition) is 2. The Morgan fingerprint density at radius 1 is 1.67 bits per heavy atom. The minimum absolute atomic E-state index is 0.0745. The third-order valence-electron chi connectivity index (χ3n) is 2.77. The van der Waals surface area contributed by atoms with Crippen molar-refractivity contribution in [3.05, 3.63) is 22.8 Å². The average molecular weight is 267 g/mol. The van der Waals surface area contributed by atoms with Crippen LogP contribution < -0.4 is 11.1 Å². The van der Waals surface area contributed by atoms with Gasteiger partial charge in [0.2, 0.25) is 5.91 Å². The topological polar surface area (TPSA) is 91.8 Å². The van der Waals surface area contributed by atoms with Crippen LogP contribution in [0.5, 0.6) is 0 Å². The van der Waals surface area contributed by atoms with E-state index in [1.807, 2.05) is 19.9 Å². The second-order valence-corrected chi connectivity index (χ2v) is 4.46. The van der Waals surface area contributed by atoms with Gasteiger partial charge in [-0.05, 0) is 18.1 Å². The van der Waals surface area contributed by atoms with Gasteiger partial charge in [-0.15, -0.1) is 0 Å². The Balaban J connectivity index is 2.95. The number of halogens is 1. The predicted octanol–water partition coefficient (Wildman–Crippen LogP) is 1.92. The van der Waals surface area contributed by atoms with Crippen LogP contribution in [0.1, 0.15) is 26.0 Å². The lowest BCUT2D eigenvalue weighted by Crippen LogP contribution is -2.40. The lowest BCUT2D eigenvalue weighted by molar-refractivity contribution is -0.119. The molecule has 2 unspecified atom stereocenters. The van der Waals surface area contributed by atoms with Crippen molar-refractivity contribution in [3.63, 3.8) is 0 Å². The molecule has 6 heteroatoms. The fourth-order valence-electron chi connectivity index (χ4n) is 1.49. The summed E-state index contributed by atoms with van der Waals surface area (Å²) in [6.07, 6.45) is 0.805. The summed E-state index contributed by atoms with van der Waals surface area (Å²) in [6.45, 7) is 3.89. The number of hydrogen-bond acceptors (Lipinski definition) is 4. The molecule has 1 aromatic heterocycles. The van der Waals surface area contributed by atoms with E-state index in [1.54, 1.807) is 12.1 Å². The second-order valence-electron chi connectivity index (χ2n) is 4.05. The third-order valence-corrected chi connectivity index (χ3v) is 3.08. The first-order valence-electron chi connectivity index (χ1n) is 5.62. The minimum Gasteiger partial charge on any atom is -0.368 e. The van der Waals surface area contributed by atoms with Crippen molar-refractivity contribution in [1.82, 2.24) is 4.98 Å². The molecule has 0 radical (unpaired) electrons. The SMILES string of the molecule is CCC(C)C(Nc1ccc(Cl)c(C#N)n1)C(N)=O. The Kier molecular flexibility index (Phi) is 4.93. The van der Waals surface area contributed by atoms with Crippen molar-refractivity contribution in [1.29, 1.82) is 5.26 Å². The molecule has 5 nitrogen and oxygen atoms in total. The van der Waals surface area contributed by atoms with Crippen LogP contribution in [0, 0.1) is 17.2 Å². The molecule has 1 amide bonds. The predicted molar refractivity (Wildman–Crippen MR) is 70.0 cm³/mol. The van der Waals surface area contributed by atoms with E-state index < -0.39 is 11.9 Å². The first kappa shape index (κ1) is 14.3. The summed E-state index contributed by atoms with van der Waals surface area (Å²) in [5.41, 5.74) is 5.46. The van der Waals surface area contributed by atoms with Gasteiger partial charge < -0.3 is 11.1 Å². The smallest absolute Gasteiger partial charge is 0.240 e. The summed E-state index contributed by atoms with van der Waals surface area (Å²) in [5, 5.41) is 12.0. The number of nitrogens with two attached hydrogens (primary N) is 1. The van der Waals surface area contributed by atoms with E-state index in [2.05, 4.69) is 10.3 Å². The van der Waals surface area contributed by atoms with Crippen LogP contribution in [-0.2, 0) is 4.79 Å². The monoisotopic (exact) mass is 266 g/mol. The number of aromatic nitrogens is 1. The molecule has 1 aromatic rings. The number of rotatable bonds is 5. The summed E-state index contributed by atoms with van der Waals surface area (Å²) >= 11 is 5.78.